The number of methoxy groups -OCH3 is 1. The Morgan fingerprint density at radius 1 is 0.938 bits per heavy atom. The predicted octanol–water partition coefficient (Wildman–Crippen LogP) is 5.33. The number of rotatable bonds is 5. The highest BCUT2D eigenvalue weighted by atomic mass is 35.5. The van der Waals surface area contributed by atoms with Gasteiger partial charge in [-0.3, -0.25) is 9.59 Å². The fraction of sp³-hybridized carbons (Fsp3) is 0.0833. The maximum atomic E-state index is 14.5. The average Bonchev–Trinajstić information content (AvgIpc) is 2.99. The van der Waals surface area contributed by atoms with Crippen molar-refractivity contribution >= 4 is 40.4 Å². The number of nitrogens with zero attached hydrogens (tertiary/aromatic N) is 1. The number of carbonyl (C=O) groups is 2. The third-order valence-electron chi connectivity index (χ3n) is 5.00. The van der Waals surface area contributed by atoms with Gasteiger partial charge in [-0.25, -0.2) is 13.7 Å². The molecule has 0 aliphatic carbocycles. The van der Waals surface area contributed by atoms with Crippen LogP contribution in [0.3, 0.4) is 0 Å². The van der Waals surface area contributed by atoms with Gasteiger partial charge in [0.1, 0.15) is 23.1 Å². The molecule has 0 saturated heterocycles. The van der Waals surface area contributed by atoms with E-state index in [-0.39, 0.29) is 17.0 Å². The fourth-order valence-electron chi connectivity index (χ4n) is 3.40. The number of carbonyl (C=O) groups excluding carboxylic acids is 2. The van der Waals surface area contributed by atoms with E-state index in [1.54, 1.807) is 42.5 Å². The van der Waals surface area contributed by atoms with E-state index in [1.165, 1.54) is 7.11 Å². The van der Waals surface area contributed by atoms with Crippen molar-refractivity contribution in [2.75, 3.05) is 17.3 Å². The van der Waals surface area contributed by atoms with Gasteiger partial charge >= 0.3 is 0 Å². The van der Waals surface area contributed by atoms with E-state index in [0.29, 0.717) is 33.0 Å². The first kappa shape index (κ1) is 21.5. The van der Waals surface area contributed by atoms with Crippen molar-refractivity contribution in [2.45, 2.75) is 6.92 Å². The third kappa shape index (κ3) is 3.83. The van der Waals surface area contributed by atoms with E-state index in [9.17, 15) is 18.4 Å². The Balaban J connectivity index is 1.82. The molecule has 32 heavy (non-hydrogen) atoms. The molecule has 5 nitrogen and oxygen atoms in total. The summed E-state index contributed by atoms with van der Waals surface area (Å²) in [6, 6.07) is 14.4. The number of benzene rings is 3. The minimum Gasteiger partial charge on any atom is -0.495 e. The zero-order valence-corrected chi connectivity index (χ0v) is 17.8. The number of halogens is 3. The Morgan fingerprint density at radius 2 is 1.66 bits per heavy atom. The number of anilines is 2. The molecule has 2 amide bonds. The zero-order valence-electron chi connectivity index (χ0n) is 17.1. The van der Waals surface area contributed by atoms with Crippen LogP contribution < -0.4 is 15.0 Å². The Morgan fingerprint density at radius 3 is 2.28 bits per heavy atom. The molecule has 3 aromatic rings. The van der Waals surface area contributed by atoms with Gasteiger partial charge in [-0.1, -0.05) is 41.4 Å². The van der Waals surface area contributed by atoms with Crippen molar-refractivity contribution in [3.63, 3.8) is 0 Å². The summed E-state index contributed by atoms with van der Waals surface area (Å²) in [6.45, 7) is 1.89. The first-order chi connectivity index (χ1) is 15.3. The molecule has 4 rings (SSSR count). The number of nitrogens with one attached hydrogen (secondary N) is 1. The van der Waals surface area contributed by atoms with Crippen LogP contribution in [-0.4, -0.2) is 18.9 Å². The average molecular weight is 455 g/mol. The molecule has 0 unspecified atom stereocenters. The van der Waals surface area contributed by atoms with E-state index in [1.807, 2.05) is 6.92 Å². The van der Waals surface area contributed by atoms with Crippen molar-refractivity contribution in [1.82, 2.24) is 0 Å². The van der Waals surface area contributed by atoms with Gasteiger partial charge < -0.3 is 10.1 Å². The van der Waals surface area contributed by atoms with E-state index in [0.717, 1.165) is 17.7 Å². The highest BCUT2D eigenvalue weighted by Crippen LogP contribution is 2.36. The number of amides is 2. The van der Waals surface area contributed by atoms with Crippen LogP contribution in [0.5, 0.6) is 5.75 Å². The quantitative estimate of drug-likeness (QED) is 0.529. The second-order valence-corrected chi connectivity index (χ2v) is 7.54. The summed E-state index contributed by atoms with van der Waals surface area (Å²) in [5, 5.41) is 3.24. The molecule has 8 heteroatoms. The Labute approximate surface area is 187 Å². The lowest BCUT2D eigenvalue weighted by Gasteiger charge is -2.16. The fourth-order valence-corrected chi connectivity index (χ4v) is 3.66. The molecule has 0 spiro atoms. The lowest BCUT2D eigenvalue weighted by molar-refractivity contribution is -0.120. The molecular formula is C24H17ClF2N2O3. The molecule has 0 saturated carbocycles. The molecular weight excluding hydrogens is 438 g/mol. The zero-order chi connectivity index (χ0) is 23.0. The van der Waals surface area contributed by atoms with Crippen molar-refractivity contribution in [3.05, 3.63) is 94.1 Å². The highest BCUT2D eigenvalue weighted by Gasteiger charge is 2.41. The summed E-state index contributed by atoms with van der Waals surface area (Å²) < 4.78 is 33.0. The van der Waals surface area contributed by atoms with Crippen LogP contribution in [0.25, 0.3) is 5.57 Å². The van der Waals surface area contributed by atoms with Gasteiger partial charge in [0.15, 0.2) is 0 Å². The van der Waals surface area contributed by atoms with Crippen LogP contribution in [-0.2, 0) is 9.59 Å². The molecule has 3 aromatic carbocycles. The van der Waals surface area contributed by atoms with Crippen LogP contribution in [0, 0.1) is 18.6 Å². The van der Waals surface area contributed by atoms with Gasteiger partial charge in [-0.05, 0) is 42.8 Å². The third-order valence-corrected chi connectivity index (χ3v) is 5.29. The Kier molecular flexibility index (Phi) is 5.67. The molecule has 0 radical (unpaired) electrons. The highest BCUT2D eigenvalue weighted by molar-refractivity contribution is 6.46. The smallest absolute Gasteiger partial charge is 0.282 e. The predicted molar refractivity (Wildman–Crippen MR) is 119 cm³/mol. The number of hydrogen-bond donors (Lipinski definition) is 1. The summed E-state index contributed by atoms with van der Waals surface area (Å²) in [6.07, 6.45) is 0. The van der Waals surface area contributed by atoms with Gasteiger partial charge in [0.25, 0.3) is 11.8 Å². The van der Waals surface area contributed by atoms with E-state index in [2.05, 4.69) is 5.32 Å². The molecule has 1 aliphatic heterocycles. The van der Waals surface area contributed by atoms with Crippen molar-refractivity contribution in [1.29, 1.82) is 0 Å². The van der Waals surface area contributed by atoms with Gasteiger partial charge in [0, 0.05) is 11.8 Å². The number of imide groups is 1. The SMILES string of the molecule is COc1ccc(NC2=C(c3ccc(C)cc3)C(=O)N(c3ccc(F)cc3F)C2=O)cc1Cl. The van der Waals surface area contributed by atoms with Gasteiger partial charge in [-0.15, -0.1) is 0 Å². The Bertz CT molecular complexity index is 1270. The minimum atomic E-state index is -1.02. The molecule has 0 aromatic heterocycles. The first-order valence-electron chi connectivity index (χ1n) is 9.56. The number of ether oxygens (including phenoxy) is 1. The molecule has 0 bridgehead atoms. The number of hydrogen-bond acceptors (Lipinski definition) is 4. The van der Waals surface area contributed by atoms with Gasteiger partial charge in [-0.2, -0.15) is 0 Å². The molecule has 0 atom stereocenters. The van der Waals surface area contributed by atoms with Crippen LogP contribution in [0.1, 0.15) is 11.1 Å². The minimum absolute atomic E-state index is 0.0520. The number of aryl methyl sites for hydroxylation is 1. The van der Waals surface area contributed by atoms with E-state index in [4.69, 9.17) is 16.3 Å². The van der Waals surface area contributed by atoms with E-state index >= 15 is 0 Å². The van der Waals surface area contributed by atoms with Gasteiger partial charge in [0.2, 0.25) is 0 Å². The summed E-state index contributed by atoms with van der Waals surface area (Å²) in [5.74, 6) is -2.91. The van der Waals surface area contributed by atoms with Crippen LogP contribution in [0.4, 0.5) is 20.2 Å². The molecule has 1 heterocycles. The summed E-state index contributed by atoms with van der Waals surface area (Å²) in [4.78, 5) is 27.3. The normalized spacial score (nSPS) is 13.7. The van der Waals surface area contributed by atoms with Crippen LogP contribution >= 0.6 is 11.6 Å². The van der Waals surface area contributed by atoms with Crippen LogP contribution in [0.15, 0.2) is 66.4 Å². The van der Waals surface area contributed by atoms with Crippen molar-refractivity contribution in [2.24, 2.45) is 0 Å². The second kappa shape index (κ2) is 8.43. The van der Waals surface area contributed by atoms with Crippen LogP contribution in [0.2, 0.25) is 5.02 Å². The maximum absolute atomic E-state index is 14.5. The maximum Gasteiger partial charge on any atom is 0.282 e. The first-order valence-corrected chi connectivity index (χ1v) is 9.93. The topological polar surface area (TPSA) is 58.6 Å². The lowest BCUT2D eigenvalue weighted by atomic mass is 10.0. The molecule has 0 fully saturated rings. The molecule has 1 N–H and O–H groups in total. The Hall–Kier alpha value is -3.71. The van der Waals surface area contributed by atoms with Crippen molar-refractivity contribution < 1.29 is 23.1 Å². The standard InChI is InChI=1S/C24H17ClF2N2O3/c1-13-3-5-14(6-4-13)21-22(28-16-8-10-20(32-2)17(25)12-16)24(31)29(23(21)30)19-9-7-15(26)11-18(19)27/h3-12,28H,1-2H3. The van der Waals surface area contributed by atoms with Crippen molar-refractivity contribution in [3.8, 4) is 5.75 Å². The largest absolute Gasteiger partial charge is 0.495 e. The molecule has 1 aliphatic rings. The van der Waals surface area contributed by atoms with Gasteiger partial charge in [0.05, 0.1) is 23.4 Å². The summed E-state index contributed by atoms with van der Waals surface area (Å²) in [7, 11) is 1.47. The summed E-state index contributed by atoms with van der Waals surface area (Å²) >= 11 is 6.18. The lowest BCUT2D eigenvalue weighted by Crippen LogP contribution is -2.33. The summed E-state index contributed by atoms with van der Waals surface area (Å²) in [5.41, 5.74) is 1.54. The monoisotopic (exact) mass is 454 g/mol. The van der Waals surface area contributed by atoms with E-state index < -0.39 is 23.4 Å². The second-order valence-electron chi connectivity index (χ2n) is 7.13. The molecule has 162 valence electrons.